The molecule has 0 aliphatic carbocycles. The number of nitrogens with one attached hydrogen (secondary N) is 1. The smallest absolute Gasteiger partial charge is 0.145 e. The van der Waals surface area contributed by atoms with Gasteiger partial charge in [-0.25, -0.2) is 9.97 Å². The molecule has 18 heavy (non-hydrogen) atoms. The van der Waals surface area contributed by atoms with Gasteiger partial charge in [0.2, 0.25) is 0 Å². The monoisotopic (exact) mass is 281 g/mol. The van der Waals surface area contributed by atoms with Crippen LogP contribution in [-0.2, 0) is 6.42 Å². The lowest BCUT2D eigenvalue weighted by Crippen LogP contribution is -2.21. The lowest BCUT2D eigenvalue weighted by atomic mass is 10.1. The Morgan fingerprint density at radius 1 is 1.17 bits per heavy atom. The van der Waals surface area contributed by atoms with E-state index in [0.29, 0.717) is 10.0 Å². The quantitative estimate of drug-likeness (QED) is 0.935. The van der Waals surface area contributed by atoms with Gasteiger partial charge in [-0.05, 0) is 37.2 Å². The van der Waals surface area contributed by atoms with Gasteiger partial charge in [-0.3, -0.25) is 0 Å². The SMILES string of the molecule is CNC(Cc1ccc(Cl)c(Cl)c1)c1ncccn1. The molecule has 1 N–H and O–H groups in total. The summed E-state index contributed by atoms with van der Waals surface area (Å²) in [6.07, 6.45) is 4.24. The van der Waals surface area contributed by atoms with Crippen LogP contribution in [0.15, 0.2) is 36.7 Å². The number of hydrogen-bond acceptors (Lipinski definition) is 3. The van der Waals surface area contributed by atoms with Crippen LogP contribution in [0.1, 0.15) is 17.4 Å². The van der Waals surface area contributed by atoms with Gasteiger partial charge in [-0.1, -0.05) is 29.3 Å². The van der Waals surface area contributed by atoms with E-state index < -0.39 is 0 Å². The summed E-state index contributed by atoms with van der Waals surface area (Å²) in [5.74, 6) is 0.770. The zero-order chi connectivity index (χ0) is 13.0. The van der Waals surface area contributed by atoms with Crippen molar-refractivity contribution in [1.82, 2.24) is 15.3 Å². The van der Waals surface area contributed by atoms with Crippen molar-refractivity contribution in [2.75, 3.05) is 7.05 Å². The number of halogens is 2. The molecule has 1 unspecified atom stereocenters. The second-order valence-electron chi connectivity index (χ2n) is 3.90. The van der Waals surface area contributed by atoms with Crippen LogP contribution in [-0.4, -0.2) is 17.0 Å². The largest absolute Gasteiger partial charge is 0.310 e. The van der Waals surface area contributed by atoms with E-state index in [2.05, 4.69) is 15.3 Å². The summed E-state index contributed by atoms with van der Waals surface area (Å²) in [4.78, 5) is 8.51. The third-order valence-electron chi connectivity index (χ3n) is 2.67. The van der Waals surface area contributed by atoms with Gasteiger partial charge in [0.1, 0.15) is 5.82 Å². The Labute approximate surface area is 116 Å². The number of rotatable bonds is 4. The first-order valence-electron chi connectivity index (χ1n) is 5.59. The molecule has 5 heteroatoms. The molecule has 1 heterocycles. The van der Waals surface area contributed by atoms with Crippen LogP contribution < -0.4 is 5.32 Å². The molecule has 0 aliphatic rings. The maximum absolute atomic E-state index is 6.00. The summed E-state index contributed by atoms with van der Waals surface area (Å²) < 4.78 is 0. The van der Waals surface area contributed by atoms with Gasteiger partial charge in [-0.2, -0.15) is 0 Å². The molecule has 0 saturated carbocycles. The molecule has 0 saturated heterocycles. The normalized spacial score (nSPS) is 12.4. The molecular formula is C13H13Cl2N3. The van der Waals surface area contributed by atoms with Crippen molar-refractivity contribution >= 4 is 23.2 Å². The topological polar surface area (TPSA) is 37.8 Å². The van der Waals surface area contributed by atoms with Crippen LogP contribution in [0, 0.1) is 0 Å². The van der Waals surface area contributed by atoms with E-state index in [4.69, 9.17) is 23.2 Å². The van der Waals surface area contributed by atoms with Crippen molar-refractivity contribution in [1.29, 1.82) is 0 Å². The van der Waals surface area contributed by atoms with Crippen LogP contribution in [0.2, 0.25) is 10.0 Å². The van der Waals surface area contributed by atoms with Gasteiger partial charge in [0, 0.05) is 12.4 Å². The molecule has 2 rings (SSSR count). The lowest BCUT2D eigenvalue weighted by molar-refractivity contribution is 0.557. The first-order valence-corrected chi connectivity index (χ1v) is 6.34. The van der Waals surface area contributed by atoms with Crippen molar-refractivity contribution in [2.24, 2.45) is 0 Å². The van der Waals surface area contributed by atoms with E-state index in [1.165, 1.54) is 0 Å². The number of benzene rings is 1. The Bertz CT molecular complexity index is 517. The summed E-state index contributed by atoms with van der Waals surface area (Å²) in [5, 5.41) is 4.33. The molecule has 1 aromatic carbocycles. The average Bonchev–Trinajstić information content (AvgIpc) is 2.41. The Morgan fingerprint density at radius 2 is 1.89 bits per heavy atom. The highest BCUT2D eigenvalue weighted by Gasteiger charge is 2.13. The van der Waals surface area contributed by atoms with E-state index in [-0.39, 0.29) is 6.04 Å². The second kappa shape index (κ2) is 6.14. The van der Waals surface area contributed by atoms with Crippen molar-refractivity contribution < 1.29 is 0 Å². The Kier molecular flexibility index (Phi) is 4.53. The molecule has 1 aromatic heterocycles. The van der Waals surface area contributed by atoms with Crippen LogP contribution in [0.5, 0.6) is 0 Å². The predicted molar refractivity (Wildman–Crippen MR) is 74.0 cm³/mol. The Balaban J connectivity index is 2.18. The molecule has 0 fully saturated rings. The maximum Gasteiger partial charge on any atom is 0.145 e. The van der Waals surface area contributed by atoms with Gasteiger partial charge >= 0.3 is 0 Å². The molecule has 0 bridgehead atoms. The molecule has 0 aliphatic heterocycles. The highest BCUT2D eigenvalue weighted by molar-refractivity contribution is 6.42. The summed E-state index contributed by atoms with van der Waals surface area (Å²) in [6.45, 7) is 0. The summed E-state index contributed by atoms with van der Waals surface area (Å²) in [6, 6.07) is 7.50. The van der Waals surface area contributed by atoms with E-state index in [1.54, 1.807) is 24.5 Å². The lowest BCUT2D eigenvalue weighted by Gasteiger charge is -2.14. The van der Waals surface area contributed by atoms with Crippen LogP contribution in [0.25, 0.3) is 0 Å². The zero-order valence-electron chi connectivity index (χ0n) is 9.90. The summed E-state index contributed by atoms with van der Waals surface area (Å²) >= 11 is 11.9. The van der Waals surface area contributed by atoms with E-state index in [0.717, 1.165) is 17.8 Å². The minimum absolute atomic E-state index is 0.0587. The van der Waals surface area contributed by atoms with Crippen LogP contribution in [0.4, 0.5) is 0 Å². The zero-order valence-corrected chi connectivity index (χ0v) is 11.4. The predicted octanol–water partition coefficient (Wildman–Crippen LogP) is 3.29. The standard InChI is InChI=1S/C13H13Cl2N3/c1-16-12(13-17-5-2-6-18-13)8-9-3-4-10(14)11(15)7-9/h2-7,12,16H,8H2,1H3. The first-order chi connectivity index (χ1) is 8.70. The highest BCUT2D eigenvalue weighted by Crippen LogP contribution is 2.24. The highest BCUT2D eigenvalue weighted by atomic mass is 35.5. The third-order valence-corrected chi connectivity index (χ3v) is 3.41. The number of likely N-dealkylation sites (N-methyl/N-ethyl adjacent to an activating group) is 1. The van der Waals surface area contributed by atoms with Crippen molar-refractivity contribution in [2.45, 2.75) is 12.5 Å². The van der Waals surface area contributed by atoms with Crippen molar-refractivity contribution in [3.05, 3.63) is 58.1 Å². The van der Waals surface area contributed by atoms with Crippen molar-refractivity contribution in [3.8, 4) is 0 Å². The van der Waals surface area contributed by atoms with Crippen molar-refractivity contribution in [3.63, 3.8) is 0 Å². The summed E-state index contributed by atoms with van der Waals surface area (Å²) in [7, 11) is 1.89. The average molecular weight is 282 g/mol. The van der Waals surface area contributed by atoms with Gasteiger partial charge in [0.05, 0.1) is 16.1 Å². The van der Waals surface area contributed by atoms with Gasteiger partial charge in [0.15, 0.2) is 0 Å². The molecule has 94 valence electrons. The van der Waals surface area contributed by atoms with Gasteiger partial charge in [-0.15, -0.1) is 0 Å². The third kappa shape index (κ3) is 3.19. The molecule has 0 radical (unpaired) electrons. The fraction of sp³-hybridized carbons (Fsp3) is 0.231. The first kappa shape index (κ1) is 13.3. The number of hydrogen-bond donors (Lipinski definition) is 1. The molecule has 0 spiro atoms. The minimum Gasteiger partial charge on any atom is -0.310 e. The molecule has 1 atom stereocenters. The Morgan fingerprint density at radius 3 is 2.50 bits per heavy atom. The fourth-order valence-electron chi connectivity index (χ4n) is 1.72. The molecule has 3 nitrogen and oxygen atoms in total. The van der Waals surface area contributed by atoms with Crippen LogP contribution in [0.3, 0.4) is 0 Å². The van der Waals surface area contributed by atoms with Crippen LogP contribution >= 0.6 is 23.2 Å². The van der Waals surface area contributed by atoms with E-state index in [1.807, 2.05) is 19.2 Å². The Hall–Kier alpha value is -1.16. The molecule has 0 amide bonds. The molecular weight excluding hydrogens is 269 g/mol. The summed E-state index contributed by atoms with van der Waals surface area (Å²) in [5.41, 5.74) is 1.09. The minimum atomic E-state index is 0.0587. The molecule has 2 aromatic rings. The van der Waals surface area contributed by atoms with Gasteiger partial charge < -0.3 is 5.32 Å². The number of nitrogens with zero attached hydrogens (tertiary/aromatic N) is 2. The second-order valence-corrected chi connectivity index (χ2v) is 4.72. The van der Waals surface area contributed by atoms with Gasteiger partial charge in [0.25, 0.3) is 0 Å². The fourth-order valence-corrected chi connectivity index (χ4v) is 2.04. The maximum atomic E-state index is 6.00. The number of aromatic nitrogens is 2. The van der Waals surface area contributed by atoms with E-state index in [9.17, 15) is 0 Å². The van der Waals surface area contributed by atoms with E-state index >= 15 is 0 Å².